The van der Waals surface area contributed by atoms with E-state index in [-0.39, 0.29) is 11.6 Å². The second-order valence-corrected chi connectivity index (χ2v) is 6.26. The molecule has 0 saturated carbocycles. The van der Waals surface area contributed by atoms with Crippen LogP contribution in [0.15, 0.2) is 18.2 Å². The highest BCUT2D eigenvalue weighted by atomic mass is 35.5. The van der Waals surface area contributed by atoms with Gasteiger partial charge < -0.3 is 15.2 Å². The fourth-order valence-electron chi connectivity index (χ4n) is 1.48. The van der Waals surface area contributed by atoms with E-state index >= 15 is 0 Å². The Kier molecular flexibility index (Phi) is 6.11. The Hall–Kier alpha value is -0.770. The SMILES string of the molecule is CC(O)CCOc1ccc(CNC(C)(C)C)cc1Cl. The molecule has 1 rings (SSSR count). The second kappa shape index (κ2) is 7.13. The molecule has 0 bridgehead atoms. The molecular formula is C15H24ClNO2. The third-order valence-electron chi connectivity index (χ3n) is 2.61. The van der Waals surface area contributed by atoms with Crippen LogP contribution in [-0.2, 0) is 6.54 Å². The van der Waals surface area contributed by atoms with Crippen molar-refractivity contribution in [1.29, 1.82) is 0 Å². The van der Waals surface area contributed by atoms with Gasteiger partial charge in [0.05, 0.1) is 17.7 Å². The third kappa shape index (κ3) is 6.81. The van der Waals surface area contributed by atoms with Crippen LogP contribution < -0.4 is 10.1 Å². The van der Waals surface area contributed by atoms with Crippen LogP contribution in [0.4, 0.5) is 0 Å². The normalized spacial score (nSPS) is 13.4. The third-order valence-corrected chi connectivity index (χ3v) is 2.91. The molecule has 4 heteroatoms. The van der Waals surface area contributed by atoms with Crippen LogP contribution in [0.2, 0.25) is 5.02 Å². The summed E-state index contributed by atoms with van der Waals surface area (Å²) in [4.78, 5) is 0. The molecule has 1 atom stereocenters. The van der Waals surface area contributed by atoms with Gasteiger partial charge in [0.2, 0.25) is 0 Å². The summed E-state index contributed by atoms with van der Waals surface area (Å²) in [5.41, 5.74) is 1.21. The topological polar surface area (TPSA) is 41.5 Å². The van der Waals surface area contributed by atoms with Crippen molar-refractivity contribution in [3.05, 3.63) is 28.8 Å². The van der Waals surface area contributed by atoms with Crippen molar-refractivity contribution >= 4 is 11.6 Å². The largest absolute Gasteiger partial charge is 0.492 e. The number of rotatable bonds is 6. The lowest BCUT2D eigenvalue weighted by molar-refractivity contribution is 0.155. The van der Waals surface area contributed by atoms with Gasteiger partial charge in [-0.15, -0.1) is 0 Å². The van der Waals surface area contributed by atoms with E-state index in [0.29, 0.717) is 23.8 Å². The van der Waals surface area contributed by atoms with Gasteiger partial charge in [0, 0.05) is 18.5 Å². The number of halogens is 1. The van der Waals surface area contributed by atoms with Crippen molar-refractivity contribution in [3.8, 4) is 5.75 Å². The molecule has 3 nitrogen and oxygen atoms in total. The van der Waals surface area contributed by atoms with Crippen molar-refractivity contribution < 1.29 is 9.84 Å². The summed E-state index contributed by atoms with van der Waals surface area (Å²) in [6, 6.07) is 5.80. The highest BCUT2D eigenvalue weighted by Crippen LogP contribution is 2.25. The first-order valence-electron chi connectivity index (χ1n) is 6.62. The van der Waals surface area contributed by atoms with Crippen molar-refractivity contribution in [2.75, 3.05) is 6.61 Å². The van der Waals surface area contributed by atoms with E-state index in [9.17, 15) is 0 Å². The molecule has 0 aliphatic heterocycles. The summed E-state index contributed by atoms with van der Waals surface area (Å²) >= 11 is 6.18. The molecule has 0 saturated heterocycles. The molecule has 1 unspecified atom stereocenters. The molecule has 108 valence electrons. The first kappa shape index (κ1) is 16.3. The molecule has 0 radical (unpaired) electrons. The quantitative estimate of drug-likeness (QED) is 0.842. The van der Waals surface area contributed by atoms with Gasteiger partial charge in [-0.05, 0) is 45.4 Å². The molecule has 0 aliphatic rings. The van der Waals surface area contributed by atoms with E-state index in [1.54, 1.807) is 6.92 Å². The smallest absolute Gasteiger partial charge is 0.137 e. The fourth-order valence-corrected chi connectivity index (χ4v) is 1.74. The summed E-state index contributed by atoms with van der Waals surface area (Å²) in [6.07, 6.45) is 0.248. The lowest BCUT2D eigenvalue weighted by Crippen LogP contribution is -2.35. The number of hydrogen-bond donors (Lipinski definition) is 2. The van der Waals surface area contributed by atoms with Crippen molar-refractivity contribution in [2.45, 2.75) is 52.3 Å². The van der Waals surface area contributed by atoms with Crippen LogP contribution in [0.25, 0.3) is 0 Å². The zero-order valence-corrected chi connectivity index (χ0v) is 12.9. The maximum atomic E-state index is 9.17. The standard InChI is InChI=1S/C15H24ClNO2/c1-11(18)7-8-19-14-6-5-12(9-13(14)16)10-17-15(2,3)4/h5-6,9,11,17-18H,7-8,10H2,1-4H3. The number of nitrogens with one attached hydrogen (secondary N) is 1. The zero-order valence-electron chi connectivity index (χ0n) is 12.2. The van der Waals surface area contributed by atoms with Crippen LogP contribution in [0, 0.1) is 0 Å². The number of hydrogen-bond acceptors (Lipinski definition) is 3. The van der Waals surface area contributed by atoms with E-state index in [0.717, 1.165) is 12.1 Å². The fraction of sp³-hybridized carbons (Fsp3) is 0.600. The minimum Gasteiger partial charge on any atom is -0.492 e. The van der Waals surface area contributed by atoms with Crippen LogP contribution in [0.3, 0.4) is 0 Å². The minimum atomic E-state index is -0.353. The maximum Gasteiger partial charge on any atom is 0.137 e. The van der Waals surface area contributed by atoms with E-state index < -0.39 is 0 Å². The molecule has 1 aromatic carbocycles. The van der Waals surface area contributed by atoms with Gasteiger partial charge in [0.25, 0.3) is 0 Å². The van der Waals surface area contributed by atoms with Gasteiger partial charge in [0.1, 0.15) is 5.75 Å². The molecule has 2 N–H and O–H groups in total. The van der Waals surface area contributed by atoms with Crippen LogP contribution in [0.1, 0.15) is 39.7 Å². The molecule has 0 heterocycles. The number of aliphatic hydroxyl groups excluding tert-OH is 1. The van der Waals surface area contributed by atoms with Crippen LogP contribution in [-0.4, -0.2) is 23.4 Å². The lowest BCUT2D eigenvalue weighted by atomic mass is 10.1. The molecule has 19 heavy (non-hydrogen) atoms. The monoisotopic (exact) mass is 285 g/mol. The first-order chi connectivity index (χ1) is 8.78. The highest BCUT2D eigenvalue weighted by molar-refractivity contribution is 6.32. The molecule has 0 spiro atoms. The highest BCUT2D eigenvalue weighted by Gasteiger charge is 2.09. The molecule has 0 fully saturated rings. The maximum absolute atomic E-state index is 9.17. The first-order valence-corrected chi connectivity index (χ1v) is 7.00. The van der Waals surface area contributed by atoms with Gasteiger partial charge in [-0.1, -0.05) is 17.7 Å². The average molecular weight is 286 g/mol. The zero-order chi connectivity index (χ0) is 14.5. The molecule has 0 aliphatic carbocycles. The minimum absolute atomic E-state index is 0.0823. The van der Waals surface area contributed by atoms with Gasteiger partial charge in [-0.2, -0.15) is 0 Å². The summed E-state index contributed by atoms with van der Waals surface area (Å²) in [7, 11) is 0. The molecular weight excluding hydrogens is 262 g/mol. The lowest BCUT2D eigenvalue weighted by Gasteiger charge is -2.20. The van der Waals surface area contributed by atoms with Crippen molar-refractivity contribution in [3.63, 3.8) is 0 Å². The Bertz CT molecular complexity index is 400. The predicted molar refractivity (Wildman–Crippen MR) is 79.8 cm³/mol. The van der Waals surface area contributed by atoms with Gasteiger partial charge >= 0.3 is 0 Å². The second-order valence-electron chi connectivity index (χ2n) is 5.85. The van der Waals surface area contributed by atoms with Crippen molar-refractivity contribution in [2.24, 2.45) is 0 Å². The Balaban J connectivity index is 2.54. The van der Waals surface area contributed by atoms with E-state index in [1.807, 2.05) is 18.2 Å². The van der Waals surface area contributed by atoms with E-state index in [4.69, 9.17) is 21.4 Å². The Morgan fingerprint density at radius 2 is 2.05 bits per heavy atom. The summed E-state index contributed by atoms with van der Waals surface area (Å²) in [5, 5.41) is 13.2. The Labute approximate surface area is 120 Å². The van der Waals surface area contributed by atoms with Gasteiger partial charge in [-0.25, -0.2) is 0 Å². The molecule has 1 aromatic rings. The van der Waals surface area contributed by atoms with E-state index in [1.165, 1.54) is 0 Å². The van der Waals surface area contributed by atoms with Gasteiger partial charge in [-0.3, -0.25) is 0 Å². The number of ether oxygens (including phenoxy) is 1. The number of aliphatic hydroxyl groups is 1. The summed E-state index contributed by atoms with van der Waals surface area (Å²) < 4.78 is 5.54. The van der Waals surface area contributed by atoms with E-state index in [2.05, 4.69) is 26.1 Å². The number of benzene rings is 1. The average Bonchev–Trinajstić information content (AvgIpc) is 2.27. The van der Waals surface area contributed by atoms with Crippen LogP contribution >= 0.6 is 11.6 Å². The molecule has 0 amide bonds. The molecule has 0 aromatic heterocycles. The predicted octanol–water partition coefficient (Wildman–Crippen LogP) is 3.38. The van der Waals surface area contributed by atoms with Gasteiger partial charge in [0.15, 0.2) is 0 Å². The van der Waals surface area contributed by atoms with Crippen LogP contribution in [0.5, 0.6) is 5.75 Å². The summed E-state index contributed by atoms with van der Waals surface area (Å²) in [5.74, 6) is 0.668. The Morgan fingerprint density at radius 1 is 1.37 bits per heavy atom. The Morgan fingerprint density at radius 3 is 2.58 bits per heavy atom. The summed E-state index contributed by atoms with van der Waals surface area (Å²) in [6.45, 7) is 9.37. The van der Waals surface area contributed by atoms with Crippen molar-refractivity contribution in [1.82, 2.24) is 5.32 Å².